The summed E-state index contributed by atoms with van der Waals surface area (Å²) in [6.45, 7) is 1.90. The average molecular weight is 257 g/mol. The second kappa shape index (κ2) is 5.52. The third-order valence-corrected chi connectivity index (χ3v) is 2.95. The number of ketones is 1. The molecule has 0 aliphatic carbocycles. The molecule has 0 fully saturated rings. The molecule has 4 nitrogen and oxygen atoms in total. The summed E-state index contributed by atoms with van der Waals surface area (Å²) in [5.74, 6) is 0.601. The number of hydrogen-bond acceptors (Lipinski definition) is 3. The molecule has 1 N–H and O–H groups in total. The molecule has 1 aromatic heterocycles. The van der Waals surface area contributed by atoms with Gasteiger partial charge in [0.1, 0.15) is 5.75 Å². The standard InChI is InChI=1S/C15H15NO3/c1-3-13-12(8-9-14(17)16-13)15(18)10-4-6-11(19-2)7-5-10/h4-9H,3H2,1-2H3,(H,16,17). The molecule has 2 rings (SSSR count). The van der Waals surface area contributed by atoms with Crippen molar-refractivity contribution in [2.45, 2.75) is 13.3 Å². The molecule has 0 unspecified atom stereocenters. The average Bonchev–Trinajstić information content (AvgIpc) is 2.46. The van der Waals surface area contributed by atoms with Crippen LogP contribution in [0.2, 0.25) is 0 Å². The van der Waals surface area contributed by atoms with Gasteiger partial charge in [0.25, 0.3) is 0 Å². The molecule has 0 amide bonds. The number of pyridine rings is 1. The number of aromatic amines is 1. The second-order valence-electron chi connectivity index (χ2n) is 4.13. The Bertz CT molecular complexity index is 641. The van der Waals surface area contributed by atoms with Crippen molar-refractivity contribution < 1.29 is 9.53 Å². The number of carbonyl (C=O) groups is 1. The maximum atomic E-state index is 12.4. The number of carbonyl (C=O) groups excluding carboxylic acids is 1. The van der Waals surface area contributed by atoms with Crippen molar-refractivity contribution in [1.82, 2.24) is 4.98 Å². The van der Waals surface area contributed by atoms with E-state index in [1.165, 1.54) is 6.07 Å². The lowest BCUT2D eigenvalue weighted by atomic mass is 10.0. The first-order valence-electron chi connectivity index (χ1n) is 6.06. The minimum Gasteiger partial charge on any atom is -0.497 e. The van der Waals surface area contributed by atoms with E-state index in [0.717, 1.165) is 0 Å². The minimum atomic E-state index is -0.192. The Morgan fingerprint density at radius 3 is 2.42 bits per heavy atom. The molecule has 19 heavy (non-hydrogen) atoms. The Balaban J connectivity index is 2.40. The van der Waals surface area contributed by atoms with E-state index in [1.54, 1.807) is 37.4 Å². The highest BCUT2D eigenvalue weighted by atomic mass is 16.5. The van der Waals surface area contributed by atoms with E-state index < -0.39 is 0 Å². The van der Waals surface area contributed by atoms with Crippen LogP contribution in [0.3, 0.4) is 0 Å². The predicted octanol–water partition coefficient (Wildman–Crippen LogP) is 2.18. The molecule has 0 spiro atoms. The van der Waals surface area contributed by atoms with Crippen molar-refractivity contribution in [3.8, 4) is 5.75 Å². The van der Waals surface area contributed by atoms with E-state index >= 15 is 0 Å². The summed E-state index contributed by atoms with van der Waals surface area (Å²) in [6, 6.07) is 9.85. The number of nitrogens with one attached hydrogen (secondary N) is 1. The molecule has 1 heterocycles. The van der Waals surface area contributed by atoms with E-state index in [9.17, 15) is 9.59 Å². The maximum Gasteiger partial charge on any atom is 0.248 e. The van der Waals surface area contributed by atoms with Gasteiger partial charge in [-0.1, -0.05) is 6.92 Å². The third-order valence-electron chi connectivity index (χ3n) is 2.95. The number of benzene rings is 1. The lowest BCUT2D eigenvalue weighted by Gasteiger charge is -2.07. The Kier molecular flexibility index (Phi) is 3.80. The number of aromatic nitrogens is 1. The van der Waals surface area contributed by atoms with Gasteiger partial charge in [-0.15, -0.1) is 0 Å². The summed E-state index contributed by atoms with van der Waals surface area (Å²) in [6.07, 6.45) is 0.604. The number of H-pyrrole nitrogens is 1. The van der Waals surface area contributed by atoms with Crippen molar-refractivity contribution in [3.05, 3.63) is 63.6 Å². The lowest BCUT2D eigenvalue weighted by Crippen LogP contribution is -2.13. The highest BCUT2D eigenvalue weighted by Gasteiger charge is 2.13. The third kappa shape index (κ3) is 2.73. The van der Waals surface area contributed by atoms with E-state index in [0.29, 0.717) is 29.0 Å². The summed E-state index contributed by atoms with van der Waals surface area (Å²) < 4.78 is 5.06. The van der Waals surface area contributed by atoms with Crippen LogP contribution in [0.4, 0.5) is 0 Å². The van der Waals surface area contributed by atoms with Gasteiger partial charge in [-0.25, -0.2) is 0 Å². The summed E-state index contributed by atoms with van der Waals surface area (Å²) in [4.78, 5) is 26.3. The molecular weight excluding hydrogens is 242 g/mol. The molecule has 1 aromatic carbocycles. The number of methoxy groups -OCH3 is 1. The van der Waals surface area contributed by atoms with Gasteiger partial charge in [0.05, 0.1) is 7.11 Å². The fourth-order valence-electron chi connectivity index (χ4n) is 1.91. The first-order chi connectivity index (χ1) is 9.15. The highest BCUT2D eigenvalue weighted by molar-refractivity contribution is 6.09. The largest absolute Gasteiger partial charge is 0.497 e. The topological polar surface area (TPSA) is 59.2 Å². The zero-order chi connectivity index (χ0) is 13.8. The first kappa shape index (κ1) is 13.1. The number of rotatable bonds is 4. The molecule has 0 saturated heterocycles. The number of hydrogen-bond donors (Lipinski definition) is 1. The van der Waals surface area contributed by atoms with Gasteiger partial charge in [0, 0.05) is 22.9 Å². The van der Waals surface area contributed by atoms with E-state index in [1.807, 2.05) is 6.92 Å². The van der Waals surface area contributed by atoms with Gasteiger partial charge in [-0.05, 0) is 36.8 Å². The van der Waals surface area contributed by atoms with Crippen molar-refractivity contribution >= 4 is 5.78 Å². The SMILES string of the molecule is CCc1[nH]c(=O)ccc1C(=O)c1ccc(OC)cc1. The predicted molar refractivity (Wildman–Crippen MR) is 72.9 cm³/mol. The monoisotopic (exact) mass is 257 g/mol. The van der Waals surface area contributed by atoms with Gasteiger partial charge >= 0.3 is 0 Å². The van der Waals surface area contributed by atoms with Gasteiger partial charge in [0.15, 0.2) is 5.78 Å². The molecule has 4 heteroatoms. The van der Waals surface area contributed by atoms with Crippen LogP contribution in [0.5, 0.6) is 5.75 Å². The van der Waals surface area contributed by atoms with E-state index in [-0.39, 0.29) is 11.3 Å². The normalized spacial score (nSPS) is 10.2. The quantitative estimate of drug-likeness (QED) is 0.854. The molecule has 0 bridgehead atoms. The highest BCUT2D eigenvalue weighted by Crippen LogP contribution is 2.16. The number of aryl methyl sites for hydroxylation is 1. The zero-order valence-corrected chi connectivity index (χ0v) is 10.9. The zero-order valence-electron chi connectivity index (χ0n) is 10.9. The molecule has 2 aromatic rings. The summed E-state index contributed by atoms with van der Waals surface area (Å²) in [5.41, 5.74) is 1.58. The van der Waals surface area contributed by atoms with Crippen molar-refractivity contribution in [2.24, 2.45) is 0 Å². The van der Waals surface area contributed by atoms with Gasteiger partial charge in [-0.2, -0.15) is 0 Å². The lowest BCUT2D eigenvalue weighted by molar-refractivity contribution is 0.103. The fourth-order valence-corrected chi connectivity index (χ4v) is 1.91. The van der Waals surface area contributed by atoms with Crippen LogP contribution in [0.1, 0.15) is 28.5 Å². The fraction of sp³-hybridized carbons (Fsp3) is 0.200. The van der Waals surface area contributed by atoms with Gasteiger partial charge in [-0.3, -0.25) is 9.59 Å². The molecule has 0 atom stereocenters. The van der Waals surface area contributed by atoms with Gasteiger partial charge in [0.2, 0.25) is 5.56 Å². The van der Waals surface area contributed by atoms with Crippen LogP contribution < -0.4 is 10.3 Å². The van der Waals surface area contributed by atoms with Crippen LogP contribution in [-0.4, -0.2) is 17.9 Å². The first-order valence-corrected chi connectivity index (χ1v) is 6.06. The van der Waals surface area contributed by atoms with Crippen molar-refractivity contribution in [3.63, 3.8) is 0 Å². The Hall–Kier alpha value is -2.36. The second-order valence-corrected chi connectivity index (χ2v) is 4.13. The van der Waals surface area contributed by atoms with Crippen LogP contribution in [0, 0.1) is 0 Å². The van der Waals surface area contributed by atoms with Gasteiger partial charge < -0.3 is 9.72 Å². The smallest absolute Gasteiger partial charge is 0.248 e. The molecular formula is C15H15NO3. The maximum absolute atomic E-state index is 12.4. The van der Waals surface area contributed by atoms with Crippen LogP contribution in [0.15, 0.2) is 41.2 Å². The van der Waals surface area contributed by atoms with E-state index in [2.05, 4.69) is 4.98 Å². The molecule has 0 aliphatic heterocycles. The van der Waals surface area contributed by atoms with Crippen LogP contribution >= 0.6 is 0 Å². The van der Waals surface area contributed by atoms with Crippen LogP contribution in [-0.2, 0) is 6.42 Å². The summed E-state index contributed by atoms with van der Waals surface area (Å²) >= 11 is 0. The van der Waals surface area contributed by atoms with Crippen molar-refractivity contribution in [1.29, 1.82) is 0 Å². The molecule has 0 saturated carbocycles. The molecule has 0 aliphatic rings. The minimum absolute atomic E-state index is 0.101. The Morgan fingerprint density at radius 1 is 1.16 bits per heavy atom. The Labute approximate surface area is 111 Å². The number of ether oxygens (including phenoxy) is 1. The van der Waals surface area contributed by atoms with Crippen LogP contribution in [0.25, 0.3) is 0 Å². The van der Waals surface area contributed by atoms with Crippen molar-refractivity contribution in [2.75, 3.05) is 7.11 Å². The molecule has 98 valence electrons. The summed E-state index contributed by atoms with van der Waals surface area (Å²) in [7, 11) is 1.58. The molecule has 0 radical (unpaired) electrons. The Morgan fingerprint density at radius 2 is 1.84 bits per heavy atom. The van der Waals surface area contributed by atoms with E-state index in [4.69, 9.17) is 4.74 Å². The summed E-state index contributed by atoms with van der Waals surface area (Å²) in [5, 5.41) is 0.